The third kappa shape index (κ3) is 6.06. The van der Waals surface area contributed by atoms with Gasteiger partial charge in [-0.05, 0) is 49.4 Å². The highest BCUT2D eigenvalue weighted by molar-refractivity contribution is 8.14. The fraction of sp³-hybridized carbons (Fsp3) is 0.333. The second-order valence-corrected chi connectivity index (χ2v) is 11.8. The average Bonchev–Trinajstić information content (AvgIpc) is 2.88. The van der Waals surface area contributed by atoms with Crippen molar-refractivity contribution < 1.29 is 29.0 Å². The molecule has 0 aliphatic carbocycles. The molecule has 9 nitrogen and oxygen atoms in total. The summed E-state index contributed by atoms with van der Waals surface area (Å²) >= 11 is 2.33. The number of carbonyl (C=O) groups is 4. The number of ether oxygens (including phenoxy) is 1. The van der Waals surface area contributed by atoms with Crippen LogP contribution in [-0.2, 0) is 19.1 Å². The molecule has 0 saturated carbocycles. The van der Waals surface area contributed by atoms with Gasteiger partial charge in [0.25, 0.3) is 0 Å². The predicted octanol–water partition coefficient (Wildman–Crippen LogP) is 2.96. The van der Waals surface area contributed by atoms with E-state index >= 15 is 0 Å². The summed E-state index contributed by atoms with van der Waals surface area (Å²) in [6.45, 7) is 5.21. The van der Waals surface area contributed by atoms with Crippen LogP contribution >= 0.6 is 23.5 Å². The second-order valence-electron chi connectivity index (χ2n) is 9.90. The number of hydrogen-bond acceptors (Lipinski definition) is 9. The Hall–Kier alpha value is -3.28. The highest BCUT2D eigenvalue weighted by Gasteiger charge is 2.56. The number of phenols is 1. The maximum atomic E-state index is 13.2. The molecule has 0 bridgehead atoms. The van der Waals surface area contributed by atoms with Crippen molar-refractivity contribution in [1.82, 2.24) is 10.2 Å². The first-order chi connectivity index (χ1) is 18.0. The molecule has 2 aliphatic heterocycles. The van der Waals surface area contributed by atoms with E-state index in [0.29, 0.717) is 16.7 Å². The van der Waals surface area contributed by atoms with E-state index in [-0.39, 0.29) is 16.6 Å². The standard InChI is InChI=1S/C27H29N3O6S2/c1-27(2,3)36-25(34)21-17(14-38-26(35)15-8-5-4-6-9-15)13-37-24-20(23(33)30(21)24)29-22(32)19(28)16-10-7-11-18(31)12-16/h4-13,19-21,24,31H,14,28H2,1-3H3,(H,29,32)/t19?,20?,21?,24-/m0/s1. The number of thioether (sulfide) groups is 2. The Morgan fingerprint density at radius 3 is 2.53 bits per heavy atom. The molecular formula is C27H29N3O6S2. The van der Waals surface area contributed by atoms with E-state index in [9.17, 15) is 24.3 Å². The minimum Gasteiger partial charge on any atom is -0.508 e. The van der Waals surface area contributed by atoms with Crippen molar-refractivity contribution in [2.45, 2.75) is 49.9 Å². The van der Waals surface area contributed by atoms with Gasteiger partial charge in [0, 0.05) is 11.3 Å². The van der Waals surface area contributed by atoms with Crippen LogP contribution in [0.1, 0.15) is 42.7 Å². The van der Waals surface area contributed by atoms with Crippen LogP contribution in [0.15, 0.2) is 65.6 Å². The predicted molar refractivity (Wildman–Crippen MR) is 146 cm³/mol. The van der Waals surface area contributed by atoms with Crippen molar-refractivity contribution in [3.05, 3.63) is 76.7 Å². The molecule has 2 aromatic rings. The Morgan fingerprint density at radius 1 is 1.16 bits per heavy atom. The average molecular weight is 556 g/mol. The summed E-state index contributed by atoms with van der Waals surface area (Å²) in [7, 11) is 0. The second kappa shape index (κ2) is 11.2. The molecule has 4 atom stereocenters. The minimum atomic E-state index is -1.09. The van der Waals surface area contributed by atoms with E-state index in [1.807, 2.05) is 6.07 Å². The van der Waals surface area contributed by atoms with Gasteiger partial charge in [-0.1, -0.05) is 54.2 Å². The topological polar surface area (TPSA) is 139 Å². The van der Waals surface area contributed by atoms with E-state index in [1.54, 1.807) is 62.6 Å². The van der Waals surface area contributed by atoms with Crippen molar-refractivity contribution in [1.29, 1.82) is 0 Å². The summed E-state index contributed by atoms with van der Waals surface area (Å²) < 4.78 is 5.62. The molecule has 2 aromatic carbocycles. The Bertz CT molecular complexity index is 1280. The van der Waals surface area contributed by atoms with Gasteiger partial charge in [0.2, 0.25) is 16.9 Å². The molecule has 38 heavy (non-hydrogen) atoms. The molecule has 11 heteroatoms. The fourth-order valence-electron chi connectivity index (χ4n) is 4.09. The lowest BCUT2D eigenvalue weighted by Crippen LogP contribution is -2.74. The number of benzene rings is 2. The Kier molecular flexibility index (Phi) is 8.19. The summed E-state index contributed by atoms with van der Waals surface area (Å²) in [6.07, 6.45) is 0. The number of nitrogens with one attached hydrogen (secondary N) is 1. The normalized spacial score (nSPS) is 21.5. The van der Waals surface area contributed by atoms with E-state index < -0.39 is 46.9 Å². The smallest absolute Gasteiger partial charge is 0.333 e. The van der Waals surface area contributed by atoms with Crippen LogP contribution in [0.5, 0.6) is 5.75 Å². The zero-order valence-electron chi connectivity index (χ0n) is 21.1. The van der Waals surface area contributed by atoms with Crippen LogP contribution in [-0.4, -0.2) is 61.7 Å². The highest BCUT2D eigenvalue weighted by Crippen LogP contribution is 2.42. The summed E-state index contributed by atoms with van der Waals surface area (Å²) in [4.78, 5) is 53.3. The molecule has 2 aliphatic rings. The van der Waals surface area contributed by atoms with Crippen molar-refractivity contribution in [2.24, 2.45) is 5.73 Å². The van der Waals surface area contributed by atoms with Gasteiger partial charge < -0.3 is 25.8 Å². The van der Waals surface area contributed by atoms with Crippen molar-refractivity contribution in [3.63, 3.8) is 0 Å². The molecule has 3 unspecified atom stereocenters. The Labute approximate surface area is 229 Å². The van der Waals surface area contributed by atoms with E-state index in [2.05, 4.69) is 5.32 Å². The molecule has 200 valence electrons. The maximum Gasteiger partial charge on any atom is 0.333 e. The number of nitrogens with zero attached hydrogens (tertiary/aromatic N) is 1. The third-order valence-corrected chi connectivity index (χ3v) is 8.08. The molecule has 4 N–H and O–H groups in total. The molecular weight excluding hydrogens is 526 g/mol. The van der Waals surface area contributed by atoms with Gasteiger partial charge in [-0.15, -0.1) is 11.8 Å². The lowest BCUT2D eigenvalue weighted by Gasteiger charge is -2.52. The van der Waals surface area contributed by atoms with Gasteiger partial charge >= 0.3 is 5.97 Å². The summed E-state index contributed by atoms with van der Waals surface area (Å²) in [5.74, 6) is -1.46. The molecule has 0 radical (unpaired) electrons. The summed E-state index contributed by atoms with van der Waals surface area (Å²) in [5.41, 5.74) is 6.78. The molecule has 2 heterocycles. The van der Waals surface area contributed by atoms with Crippen LogP contribution in [0.3, 0.4) is 0 Å². The number of amides is 2. The number of esters is 1. The Balaban J connectivity index is 1.50. The maximum absolute atomic E-state index is 13.2. The number of nitrogens with two attached hydrogens (primary N) is 1. The number of aromatic hydroxyl groups is 1. The number of rotatable bonds is 7. The van der Waals surface area contributed by atoms with Crippen LogP contribution in [0, 0.1) is 0 Å². The van der Waals surface area contributed by atoms with Gasteiger partial charge in [-0.3, -0.25) is 14.4 Å². The lowest BCUT2D eigenvalue weighted by atomic mass is 9.97. The summed E-state index contributed by atoms with van der Waals surface area (Å²) in [5, 5.41) is 13.4. The third-order valence-electron chi connectivity index (χ3n) is 5.89. The van der Waals surface area contributed by atoms with Crippen LogP contribution in [0.4, 0.5) is 0 Å². The number of phenolic OH excluding ortho intramolecular Hbond substituents is 1. The van der Waals surface area contributed by atoms with Gasteiger partial charge in [0.05, 0.1) is 0 Å². The zero-order chi connectivity index (χ0) is 27.6. The van der Waals surface area contributed by atoms with Crippen LogP contribution < -0.4 is 11.1 Å². The van der Waals surface area contributed by atoms with Gasteiger partial charge in [0.15, 0.2) is 6.04 Å². The largest absolute Gasteiger partial charge is 0.508 e. The summed E-state index contributed by atoms with van der Waals surface area (Å²) in [6, 6.07) is 11.8. The van der Waals surface area contributed by atoms with Crippen LogP contribution in [0.25, 0.3) is 0 Å². The molecule has 0 spiro atoms. The number of fused-ring (bicyclic) bond motifs is 1. The quantitative estimate of drug-likeness (QED) is 0.348. The monoisotopic (exact) mass is 555 g/mol. The number of carbonyl (C=O) groups excluding carboxylic acids is 4. The first kappa shape index (κ1) is 27.7. The molecule has 0 aromatic heterocycles. The van der Waals surface area contributed by atoms with E-state index in [1.165, 1.54) is 28.8 Å². The Morgan fingerprint density at radius 2 is 1.87 bits per heavy atom. The zero-order valence-corrected chi connectivity index (χ0v) is 22.8. The number of β-lactam (4-membered cyclic amide) rings is 1. The first-order valence-electron chi connectivity index (χ1n) is 11.9. The molecule has 4 rings (SSSR count). The lowest BCUT2D eigenvalue weighted by molar-refractivity contribution is -0.170. The van der Waals surface area contributed by atoms with Crippen molar-refractivity contribution in [3.8, 4) is 5.75 Å². The molecule has 1 fully saturated rings. The highest BCUT2D eigenvalue weighted by atomic mass is 32.2. The SMILES string of the molecule is CC(C)(C)OC(=O)C1C(CSC(=O)c2ccccc2)=CS[C@H]2C(NC(=O)C(N)c3cccc(O)c3)C(=O)N12. The molecule has 1 saturated heterocycles. The van der Waals surface area contributed by atoms with Gasteiger partial charge in [0.1, 0.15) is 28.8 Å². The van der Waals surface area contributed by atoms with Crippen LogP contribution in [0.2, 0.25) is 0 Å². The minimum absolute atomic E-state index is 0.0269. The van der Waals surface area contributed by atoms with Crippen molar-refractivity contribution in [2.75, 3.05) is 5.75 Å². The van der Waals surface area contributed by atoms with E-state index in [0.717, 1.165) is 11.8 Å². The van der Waals surface area contributed by atoms with E-state index in [4.69, 9.17) is 10.5 Å². The van der Waals surface area contributed by atoms with Gasteiger partial charge in [-0.2, -0.15) is 0 Å². The van der Waals surface area contributed by atoms with Gasteiger partial charge in [-0.25, -0.2) is 4.79 Å². The van der Waals surface area contributed by atoms with Crippen molar-refractivity contribution >= 4 is 46.4 Å². The number of hydrogen-bond donors (Lipinski definition) is 3. The fourth-order valence-corrected chi connectivity index (χ4v) is 6.26. The molecule has 2 amide bonds. The first-order valence-corrected chi connectivity index (χ1v) is 13.9.